The lowest BCUT2D eigenvalue weighted by molar-refractivity contribution is -0.255. The fourth-order valence-electron chi connectivity index (χ4n) is 1.10. The summed E-state index contributed by atoms with van der Waals surface area (Å²) in [6.07, 6.45) is -5.96. The van der Waals surface area contributed by atoms with E-state index in [1.807, 2.05) is 0 Å². The zero-order valence-electron chi connectivity index (χ0n) is 8.82. The maximum absolute atomic E-state index is 12.8. The first-order valence-electron chi connectivity index (χ1n) is 4.44. The van der Waals surface area contributed by atoms with Gasteiger partial charge in [-0.15, -0.1) is 0 Å². The topological polar surface area (TPSA) is 26.3 Å². The number of ether oxygens (including phenoxy) is 1. The Labute approximate surface area is 103 Å². The van der Waals surface area contributed by atoms with E-state index in [0.29, 0.717) is 0 Å². The van der Waals surface area contributed by atoms with Gasteiger partial charge in [-0.3, -0.25) is 4.79 Å². The van der Waals surface area contributed by atoms with Crippen LogP contribution in [-0.4, -0.2) is 25.0 Å². The number of methoxy groups -OCH3 is 1. The van der Waals surface area contributed by atoms with E-state index in [2.05, 4.69) is 4.74 Å². The van der Waals surface area contributed by atoms with E-state index in [1.165, 1.54) is 7.11 Å². The minimum absolute atomic E-state index is 0.131. The molecule has 8 heteroatoms. The third kappa shape index (κ3) is 2.55. The molecule has 0 bridgehead atoms. The molecule has 0 spiro atoms. The molecule has 0 amide bonds. The molecule has 0 aliphatic carbocycles. The summed E-state index contributed by atoms with van der Waals surface area (Å²) in [6, 6.07) is 2.79. The van der Waals surface area contributed by atoms with E-state index in [1.54, 1.807) is 0 Å². The molecule has 100 valence electrons. The summed E-state index contributed by atoms with van der Waals surface area (Å²) in [7, 11) is 1.25. The number of alkyl halides is 5. The Morgan fingerprint density at radius 1 is 1.22 bits per heavy atom. The third-order valence-electron chi connectivity index (χ3n) is 2.06. The standard InChI is InChI=1S/C10H6ClF5O2/c1-18-5-2-3-6(7(11)4-5)8(17)9(12,13)10(14,15)16/h2-4H,1H3. The Bertz CT molecular complexity index is 470. The molecular weight excluding hydrogens is 283 g/mol. The molecule has 0 atom stereocenters. The van der Waals surface area contributed by atoms with Crippen LogP contribution in [0.2, 0.25) is 5.02 Å². The fraction of sp³-hybridized carbons (Fsp3) is 0.300. The number of ketones is 1. The van der Waals surface area contributed by atoms with Crippen LogP contribution in [0.3, 0.4) is 0 Å². The van der Waals surface area contributed by atoms with Gasteiger partial charge in [-0.05, 0) is 18.2 Å². The molecule has 1 rings (SSSR count). The summed E-state index contributed by atoms with van der Waals surface area (Å²) in [6.45, 7) is 0. The van der Waals surface area contributed by atoms with E-state index in [4.69, 9.17) is 11.6 Å². The summed E-state index contributed by atoms with van der Waals surface area (Å²) >= 11 is 5.46. The monoisotopic (exact) mass is 288 g/mol. The lowest BCUT2D eigenvalue weighted by Gasteiger charge is -2.18. The Morgan fingerprint density at radius 3 is 2.17 bits per heavy atom. The highest BCUT2D eigenvalue weighted by Crippen LogP contribution is 2.39. The number of Topliss-reactive ketones (excluding diaryl/α,β-unsaturated/α-hetero) is 1. The van der Waals surface area contributed by atoms with E-state index in [0.717, 1.165) is 18.2 Å². The molecule has 1 aromatic carbocycles. The van der Waals surface area contributed by atoms with Gasteiger partial charge in [0.25, 0.3) is 0 Å². The smallest absolute Gasteiger partial charge is 0.461 e. The molecule has 0 aliphatic rings. The lowest BCUT2D eigenvalue weighted by Crippen LogP contribution is -2.44. The van der Waals surface area contributed by atoms with Crippen LogP contribution in [0.5, 0.6) is 5.75 Å². The van der Waals surface area contributed by atoms with Crippen LogP contribution >= 0.6 is 11.6 Å². The molecule has 1 aromatic rings. The summed E-state index contributed by atoms with van der Waals surface area (Å²) in [5.41, 5.74) is -0.917. The number of hydrogen-bond donors (Lipinski definition) is 0. The van der Waals surface area contributed by atoms with Crippen molar-refractivity contribution >= 4 is 17.4 Å². The Hall–Kier alpha value is -1.37. The lowest BCUT2D eigenvalue weighted by atomic mass is 10.0. The minimum Gasteiger partial charge on any atom is -0.497 e. The van der Waals surface area contributed by atoms with Gasteiger partial charge in [0.2, 0.25) is 5.78 Å². The van der Waals surface area contributed by atoms with Gasteiger partial charge in [0.05, 0.1) is 12.1 Å². The second-order valence-corrected chi connectivity index (χ2v) is 3.65. The summed E-state index contributed by atoms with van der Waals surface area (Å²) in [5, 5.41) is -0.539. The number of rotatable bonds is 3. The van der Waals surface area contributed by atoms with Crippen LogP contribution in [-0.2, 0) is 0 Å². The van der Waals surface area contributed by atoms with Gasteiger partial charge in [-0.1, -0.05) is 11.6 Å². The minimum atomic E-state index is -5.96. The Balaban J connectivity index is 3.20. The molecule has 0 fully saturated rings. The van der Waals surface area contributed by atoms with Crippen molar-refractivity contribution in [1.29, 1.82) is 0 Å². The third-order valence-corrected chi connectivity index (χ3v) is 2.37. The van der Waals surface area contributed by atoms with E-state index >= 15 is 0 Å². The zero-order valence-corrected chi connectivity index (χ0v) is 9.57. The molecule has 0 aromatic heterocycles. The largest absolute Gasteiger partial charge is 0.497 e. The first kappa shape index (κ1) is 14.7. The van der Waals surface area contributed by atoms with Crippen LogP contribution in [0.15, 0.2) is 18.2 Å². The van der Waals surface area contributed by atoms with Crippen LogP contribution in [0.4, 0.5) is 22.0 Å². The maximum Gasteiger partial charge on any atom is 0.461 e. The van der Waals surface area contributed by atoms with E-state index in [9.17, 15) is 26.7 Å². The van der Waals surface area contributed by atoms with Gasteiger partial charge < -0.3 is 4.74 Å². The molecule has 0 heterocycles. The number of benzene rings is 1. The highest BCUT2D eigenvalue weighted by Gasteiger charge is 2.63. The van der Waals surface area contributed by atoms with Gasteiger partial charge in [0.15, 0.2) is 0 Å². The second-order valence-electron chi connectivity index (χ2n) is 3.25. The fourth-order valence-corrected chi connectivity index (χ4v) is 1.36. The normalized spacial score (nSPS) is 12.4. The first-order chi connectivity index (χ1) is 8.11. The highest BCUT2D eigenvalue weighted by molar-refractivity contribution is 6.34. The zero-order chi connectivity index (χ0) is 14.1. The van der Waals surface area contributed by atoms with Gasteiger partial charge in [0.1, 0.15) is 5.75 Å². The summed E-state index contributed by atoms with van der Waals surface area (Å²) in [5.74, 6) is -7.75. The van der Waals surface area contributed by atoms with Crippen molar-refractivity contribution in [2.45, 2.75) is 12.1 Å². The molecule has 2 nitrogen and oxygen atoms in total. The van der Waals surface area contributed by atoms with Crippen LogP contribution in [0, 0.1) is 0 Å². The molecule has 0 aliphatic heterocycles. The van der Waals surface area contributed by atoms with Crippen molar-refractivity contribution in [3.8, 4) is 5.75 Å². The summed E-state index contributed by atoms with van der Waals surface area (Å²) < 4.78 is 66.3. The SMILES string of the molecule is COc1ccc(C(=O)C(F)(F)C(F)(F)F)c(Cl)c1. The van der Waals surface area contributed by atoms with Gasteiger partial charge in [-0.2, -0.15) is 22.0 Å². The number of halogens is 6. The predicted molar refractivity (Wildman–Crippen MR) is 53.3 cm³/mol. The van der Waals surface area contributed by atoms with Crippen molar-refractivity contribution < 1.29 is 31.5 Å². The maximum atomic E-state index is 12.8. The Morgan fingerprint density at radius 2 is 1.78 bits per heavy atom. The molecule has 0 saturated carbocycles. The average molecular weight is 289 g/mol. The molecular formula is C10H6ClF5O2. The highest BCUT2D eigenvalue weighted by atomic mass is 35.5. The molecule has 0 saturated heterocycles. The number of carbonyl (C=O) groups excluding carboxylic acids is 1. The average Bonchev–Trinajstić information content (AvgIpc) is 2.26. The van der Waals surface area contributed by atoms with Crippen molar-refractivity contribution in [3.05, 3.63) is 28.8 Å². The molecule has 18 heavy (non-hydrogen) atoms. The van der Waals surface area contributed by atoms with E-state index < -0.39 is 28.5 Å². The van der Waals surface area contributed by atoms with Gasteiger partial charge >= 0.3 is 12.1 Å². The van der Waals surface area contributed by atoms with Crippen LogP contribution in [0.25, 0.3) is 0 Å². The van der Waals surface area contributed by atoms with Crippen molar-refractivity contribution in [1.82, 2.24) is 0 Å². The first-order valence-corrected chi connectivity index (χ1v) is 4.82. The van der Waals surface area contributed by atoms with Crippen LogP contribution < -0.4 is 4.74 Å². The Kier molecular flexibility index (Phi) is 3.85. The predicted octanol–water partition coefficient (Wildman–Crippen LogP) is 3.73. The van der Waals surface area contributed by atoms with Crippen molar-refractivity contribution in [3.63, 3.8) is 0 Å². The number of carbonyl (C=O) groups is 1. The quantitative estimate of drug-likeness (QED) is 0.626. The second kappa shape index (κ2) is 4.72. The summed E-state index contributed by atoms with van der Waals surface area (Å²) in [4.78, 5) is 11.1. The van der Waals surface area contributed by atoms with Crippen LogP contribution in [0.1, 0.15) is 10.4 Å². The number of hydrogen-bond acceptors (Lipinski definition) is 2. The van der Waals surface area contributed by atoms with Crippen molar-refractivity contribution in [2.24, 2.45) is 0 Å². The van der Waals surface area contributed by atoms with Crippen molar-refractivity contribution in [2.75, 3.05) is 7.11 Å². The van der Waals surface area contributed by atoms with E-state index in [-0.39, 0.29) is 5.75 Å². The van der Waals surface area contributed by atoms with Gasteiger partial charge in [-0.25, -0.2) is 0 Å². The van der Waals surface area contributed by atoms with Gasteiger partial charge in [0, 0.05) is 5.56 Å². The molecule has 0 radical (unpaired) electrons. The molecule has 0 N–H and O–H groups in total. The molecule has 0 unspecified atom stereocenters.